The van der Waals surface area contributed by atoms with Crippen LogP contribution in [0.1, 0.15) is 26.7 Å². The maximum Gasteiger partial charge on any atom is 0.317 e. The average Bonchev–Trinajstić information content (AvgIpc) is 2.74. The van der Waals surface area contributed by atoms with Crippen LogP contribution < -0.4 is 5.32 Å². The third-order valence-electron chi connectivity index (χ3n) is 3.57. The van der Waals surface area contributed by atoms with Crippen LogP contribution in [0, 0.1) is 11.3 Å². The van der Waals surface area contributed by atoms with Gasteiger partial charge in [-0.15, -0.1) is 0 Å². The van der Waals surface area contributed by atoms with Gasteiger partial charge in [0.15, 0.2) is 0 Å². The van der Waals surface area contributed by atoms with E-state index < -0.39 is 0 Å². The summed E-state index contributed by atoms with van der Waals surface area (Å²) in [6, 6.07) is 0.131. The van der Waals surface area contributed by atoms with Gasteiger partial charge in [0.25, 0.3) is 0 Å². The molecular formula is C10H18N2O. The molecule has 1 saturated carbocycles. The Bertz CT molecular complexity index is 221. The number of nitrogens with one attached hydrogen (secondary N) is 1. The molecule has 1 aliphatic heterocycles. The highest BCUT2D eigenvalue weighted by Crippen LogP contribution is 2.52. The third-order valence-corrected chi connectivity index (χ3v) is 3.57. The fourth-order valence-electron chi connectivity index (χ4n) is 2.12. The standard InChI is InChI=1S/C10H18N2O/c1-8(2)10(3-4-10)7-12-6-5-11-9(12)13/h8H,3-7H2,1-2H3,(H,11,13). The number of nitrogens with zero attached hydrogens (tertiary/aromatic N) is 1. The Kier molecular flexibility index (Phi) is 1.97. The Balaban J connectivity index is 1.94. The smallest absolute Gasteiger partial charge is 0.317 e. The summed E-state index contributed by atoms with van der Waals surface area (Å²) >= 11 is 0. The zero-order valence-corrected chi connectivity index (χ0v) is 8.47. The van der Waals surface area contributed by atoms with E-state index in [0.29, 0.717) is 11.3 Å². The van der Waals surface area contributed by atoms with Gasteiger partial charge in [0, 0.05) is 19.6 Å². The molecule has 0 spiro atoms. The van der Waals surface area contributed by atoms with Crippen LogP contribution in [0.15, 0.2) is 0 Å². The molecule has 0 aromatic heterocycles. The van der Waals surface area contributed by atoms with Crippen molar-refractivity contribution in [1.29, 1.82) is 0 Å². The Morgan fingerprint density at radius 3 is 2.62 bits per heavy atom. The highest BCUT2D eigenvalue weighted by atomic mass is 16.2. The zero-order chi connectivity index (χ0) is 9.47. The predicted molar refractivity (Wildman–Crippen MR) is 51.5 cm³/mol. The van der Waals surface area contributed by atoms with Crippen molar-refractivity contribution in [2.75, 3.05) is 19.6 Å². The van der Waals surface area contributed by atoms with Gasteiger partial charge in [-0.25, -0.2) is 4.79 Å². The van der Waals surface area contributed by atoms with Crippen molar-refractivity contribution in [1.82, 2.24) is 10.2 Å². The summed E-state index contributed by atoms with van der Waals surface area (Å²) in [6.07, 6.45) is 2.60. The van der Waals surface area contributed by atoms with Crippen LogP contribution in [0.25, 0.3) is 0 Å². The van der Waals surface area contributed by atoms with Gasteiger partial charge in [-0.05, 0) is 24.2 Å². The molecule has 1 aliphatic carbocycles. The van der Waals surface area contributed by atoms with E-state index >= 15 is 0 Å². The van der Waals surface area contributed by atoms with Crippen LogP contribution in [0.3, 0.4) is 0 Å². The molecule has 0 aromatic carbocycles. The molecule has 0 aromatic rings. The SMILES string of the molecule is CC(C)C1(CN2CCNC2=O)CC1. The largest absolute Gasteiger partial charge is 0.336 e. The molecule has 3 heteroatoms. The fraction of sp³-hybridized carbons (Fsp3) is 0.900. The topological polar surface area (TPSA) is 32.3 Å². The number of rotatable bonds is 3. The van der Waals surface area contributed by atoms with Gasteiger partial charge in [0.1, 0.15) is 0 Å². The second-order valence-corrected chi connectivity index (χ2v) is 4.67. The summed E-state index contributed by atoms with van der Waals surface area (Å²) in [5, 5.41) is 2.85. The number of urea groups is 1. The lowest BCUT2D eigenvalue weighted by molar-refractivity contribution is 0.193. The first-order chi connectivity index (χ1) is 6.14. The molecule has 0 bridgehead atoms. The Labute approximate surface area is 79.5 Å². The van der Waals surface area contributed by atoms with E-state index in [-0.39, 0.29) is 6.03 Å². The summed E-state index contributed by atoms with van der Waals surface area (Å²) in [4.78, 5) is 13.3. The van der Waals surface area contributed by atoms with Gasteiger partial charge in [0.05, 0.1) is 0 Å². The van der Waals surface area contributed by atoms with Gasteiger partial charge >= 0.3 is 6.03 Å². The van der Waals surface area contributed by atoms with E-state index in [2.05, 4.69) is 19.2 Å². The molecule has 2 amide bonds. The predicted octanol–water partition coefficient (Wildman–Crippen LogP) is 1.45. The van der Waals surface area contributed by atoms with Crippen LogP contribution in [0.5, 0.6) is 0 Å². The van der Waals surface area contributed by atoms with Crippen molar-refractivity contribution in [3.8, 4) is 0 Å². The number of hydrogen-bond acceptors (Lipinski definition) is 1. The molecule has 2 fully saturated rings. The van der Waals surface area contributed by atoms with Crippen LogP contribution >= 0.6 is 0 Å². The maximum absolute atomic E-state index is 11.3. The second kappa shape index (κ2) is 2.89. The normalized spacial score (nSPS) is 25.2. The maximum atomic E-state index is 11.3. The molecule has 0 unspecified atom stereocenters. The highest BCUT2D eigenvalue weighted by molar-refractivity contribution is 5.76. The van der Waals surface area contributed by atoms with Gasteiger partial charge in [0.2, 0.25) is 0 Å². The number of carbonyl (C=O) groups excluding carboxylic acids is 1. The van der Waals surface area contributed by atoms with E-state index in [1.54, 1.807) is 0 Å². The second-order valence-electron chi connectivity index (χ2n) is 4.67. The lowest BCUT2D eigenvalue weighted by Crippen LogP contribution is -2.35. The average molecular weight is 182 g/mol. The van der Waals surface area contributed by atoms with Gasteiger partial charge in [-0.1, -0.05) is 13.8 Å². The first-order valence-electron chi connectivity index (χ1n) is 5.17. The van der Waals surface area contributed by atoms with Crippen LogP contribution in [0.2, 0.25) is 0 Å². The summed E-state index contributed by atoms with van der Waals surface area (Å²) in [6.45, 7) is 7.22. The molecule has 13 heavy (non-hydrogen) atoms. The Morgan fingerprint density at radius 2 is 2.23 bits per heavy atom. The van der Waals surface area contributed by atoms with Crippen LogP contribution in [0.4, 0.5) is 4.79 Å². The molecule has 2 aliphatic rings. The van der Waals surface area contributed by atoms with E-state index in [1.165, 1.54) is 12.8 Å². The minimum Gasteiger partial charge on any atom is -0.336 e. The molecule has 0 radical (unpaired) electrons. The van der Waals surface area contributed by atoms with E-state index in [0.717, 1.165) is 19.6 Å². The van der Waals surface area contributed by atoms with Crippen molar-refractivity contribution in [3.05, 3.63) is 0 Å². The number of amides is 2. The highest BCUT2D eigenvalue weighted by Gasteiger charge is 2.47. The van der Waals surface area contributed by atoms with Crippen molar-refractivity contribution >= 4 is 6.03 Å². The third kappa shape index (κ3) is 1.52. The van der Waals surface area contributed by atoms with E-state index in [4.69, 9.17) is 0 Å². The lowest BCUT2D eigenvalue weighted by Gasteiger charge is -2.25. The molecule has 1 saturated heterocycles. The lowest BCUT2D eigenvalue weighted by atomic mass is 9.92. The number of hydrogen-bond donors (Lipinski definition) is 1. The Morgan fingerprint density at radius 1 is 1.54 bits per heavy atom. The summed E-state index contributed by atoms with van der Waals surface area (Å²) in [5.74, 6) is 0.709. The summed E-state index contributed by atoms with van der Waals surface area (Å²) < 4.78 is 0. The molecular weight excluding hydrogens is 164 g/mol. The van der Waals surface area contributed by atoms with Crippen molar-refractivity contribution in [3.63, 3.8) is 0 Å². The van der Waals surface area contributed by atoms with Gasteiger partial charge in [-0.2, -0.15) is 0 Å². The summed E-state index contributed by atoms with van der Waals surface area (Å²) in [5.41, 5.74) is 0.460. The minimum absolute atomic E-state index is 0.131. The van der Waals surface area contributed by atoms with Crippen molar-refractivity contribution < 1.29 is 4.79 Å². The molecule has 2 rings (SSSR count). The molecule has 74 valence electrons. The van der Waals surface area contributed by atoms with Gasteiger partial charge < -0.3 is 10.2 Å². The van der Waals surface area contributed by atoms with Gasteiger partial charge in [-0.3, -0.25) is 0 Å². The monoisotopic (exact) mass is 182 g/mol. The molecule has 1 N–H and O–H groups in total. The fourth-order valence-corrected chi connectivity index (χ4v) is 2.12. The number of carbonyl (C=O) groups is 1. The van der Waals surface area contributed by atoms with E-state index in [9.17, 15) is 4.79 Å². The first-order valence-corrected chi connectivity index (χ1v) is 5.17. The van der Waals surface area contributed by atoms with Crippen LogP contribution in [-0.4, -0.2) is 30.6 Å². The molecule has 0 atom stereocenters. The Hall–Kier alpha value is -0.730. The summed E-state index contributed by atoms with van der Waals surface area (Å²) in [7, 11) is 0. The minimum atomic E-state index is 0.131. The quantitative estimate of drug-likeness (QED) is 0.704. The van der Waals surface area contributed by atoms with Crippen molar-refractivity contribution in [2.24, 2.45) is 11.3 Å². The van der Waals surface area contributed by atoms with Crippen LogP contribution in [-0.2, 0) is 0 Å². The first kappa shape index (κ1) is 8.85. The van der Waals surface area contributed by atoms with Crippen molar-refractivity contribution in [2.45, 2.75) is 26.7 Å². The van der Waals surface area contributed by atoms with E-state index in [1.807, 2.05) is 4.90 Å². The zero-order valence-electron chi connectivity index (χ0n) is 8.47. The molecule has 3 nitrogen and oxygen atoms in total. The molecule has 1 heterocycles.